The lowest BCUT2D eigenvalue weighted by Crippen LogP contribution is -2.21. The maximum atomic E-state index is 11.1. The first-order valence-corrected chi connectivity index (χ1v) is 8.03. The third kappa shape index (κ3) is 3.63. The molecule has 7 nitrogen and oxygen atoms in total. The Bertz CT molecular complexity index is 679. The summed E-state index contributed by atoms with van der Waals surface area (Å²) in [4.78, 5) is 8.28. The van der Waals surface area contributed by atoms with E-state index in [1.165, 1.54) is 12.6 Å². The number of sulfone groups is 1. The standard InChI is InChI=1S/C11H17N5O2S/c1-8(4-5-19(3,17)18)14-10-6-9(2)15-11-12-7-13-16(10)11/h6-8,14H,4-5H2,1-3H3. The summed E-state index contributed by atoms with van der Waals surface area (Å²) in [6.07, 6.45) is 3.22. The minimum Gasteiger partial charge on any atom is -0.367 e. The van der Waals surface area contributed by atoms with Gasteiger partial charge in [0, 0.05) is 24.1 Å². The third-order valence-corrected chi connectivity index (χ3v) is 3.67. The summed E-state index contributed by atoms with van der Waals surface area (Å²) in [5.41, 5.74) is 0.832. The SMILES string of the molecule is Cc1cc(NC(C)CCS(C)(=O)=O)n2ncnc2n1. The van der Waals surface area contributed by atoms with Crippen LogP contribution in [0.25, 0.3) is 5.78 Å². The van der Waals surface area contributed by atoms with Gasteiger partial charge in [0.1, 0.15) is 22.0 Å². The molecule has 0 saturated heterocycles. The molecule has 0 aliphatic heterocycles. The van der Waals surface area contributed by atoms with Crippen LogP contribution in [0.1, 0.15) is 19.0 Å². The second kappa shape index (κ2) is 5.12. The highest BCUT2D eigenvalue weighted by Crippen LogP contribution is 2.12. The molecule has 104 valence electrons. The fraction of sp³-hybridized carbons (Fsp3) is 0.545. The van der Waals surface area contributed by atoms with Crippen LogP contribution in [-0.2, 0) is 9.84 Å². The van der Waals surface area contributed by atoms with E-state index in [0.29, 0.717) is 12.2 Å². The minimum atomic E-state index is -2.94. The molecular formula is C11H17N5O2S. The zero-order chi connectivity index (χ0) is 14.0. The molecule has 2 rings (SSSR count). The largest absolute Gasteiger partial charge is 0.367 e. The van der Waals surface area contributed by atoms with Crippen LogP contribution in [0.5, 0.6) is 0 Å². The fourth-order valence-corrected chi connectivity index (χ4v) is 2.53. The lowest BCUT2D eigenvalue weighted by atomic mass is 10.2. The first-order chi connectivity index (χ1) is 8.85. The van der Waals surface area contributed by atoms with Crippen molar-refractivity contribution < 1.29 is 8.42 Å². The first kappa shape index (κ1) is 13.7. The Morgan fingerprint density at radius 1 is 1.47 bits per heavy atom. The van der Waals surface area contributed by atoms with Crippen molar-refractivity contribution in [2.75, 3.05) is 17.3 Å². The van der Waals surface area contributed by atoms with Crippen LogP contribution >= 0.6 is 0 Å². The van der Waals surface area contributed by atoms with Crippen molar-refractivity contribution in [1.82, 2.24) is 19.6 Å². The van der Waals surface area contributed by atoms with Crippen LogP contribution in [0.15, 0.2) is 12.4 Å². The van der Waals surface area contributed by atoms with Crippen molar-refractivity contribution in [3.8, 4) is 0 Å². The normalized spacial score (nSPS) is 13.6. The molecule has 1 unspecified atom stereocenters. The molecule has 0 saturated carbocycles. The molecule has 0 spiro atoms. The molecule has 0 radical (unpaired) electrons. The number of rotatable bonds is 5. The molecule has 1 atom stereocenters. The smallest absolute Gasteiger partial charge is 0.254 e. The monoisotopic (exact) mass is 283 g/mol. The molecule has 2 aromatic rings. The molecule has 0 aromatic carbocycles. The third-order valence-electron chi connectivity index (χ3n) is 2.70. The van der Waals surface area contributed by atoms with E-state index < -0.39 is 9.84 Å². The van der Waals surface area contributed by atoms with Crippen molar-refractivity contribution in [2.45, 2.75) is 26.3 Å². The zero-order valence-corrected chi connectivity index (χ0v) is 12.0. The quantitative estimate of drug-likeness (QED) is 0.867. The molecule has 0 aliphatic rings. The molecular weight excluding hydrogens is 266 g/mol. The van der Waals surface area contributed by atoms with Crippen molar-refractivity contribution in [3.05, 3.63) is 18.1 Å². The lowest BCUT2D eigenvalue weighted by molar-refractivity contribution is 0.595. The van der Waals surface area contributed by atoms with Gasteiger partial charge in [-0.3, -0.25) is 0 Å². The van der Waals surface area contributed by atoms with E-state index in [2.05, 4.69) is 20.4 Å². The Kier molecular flexibility index (Phi) is 3.70. The molecule has 0 amide bonds. The van der Waals surface area contributed by atoms with E-state index in [-0.39, 0.29) is 11.8 Å². The number of hydrogen-bond donors (Lipinski definition) is 1. The Hall–Kier alpha value is -1.70. The Morgan fingerprint density at radius 2 is 2.21 bits per heavy atom. The van der Waals surface area contributed by atoms with Gasteiger partial charge >= 0.3 is 0 Å². The Morgan fingerprint density at radius 3 is 2.89 bits per heavy atom. The van der Waals surface area contributed by atoms with E-state index in [1.807, 2.05) is 19.9 Å². The molecule has 0 aliphatic carbocycles. The summed E-state index contributed by atoms with van der Waals surface area (Å²) in [5.74, 6) is 1.45. The van der Waals surface area contributed by atoms with Gasteiger partial charge in [0.15, 0.2) is 0 Å². The van der Waals surface area contributed by atoms with Gasteiger partial charge in [-0.15, -0.1) is 0 Å². The first-order valence-electron chi connectivity index (χ1n) is 5.97. The van der Waals surface area contributed by atoms with E-state index in [0.717, 1.165) is 11.5 Å². The summed E-state index contributed by atoms with van der Waals surface area (Å²) in [7, 11) is -2.94. The highest BCUT2D eigenvalue weighted by molar-refractivity contribution is 7.90. The molecule has 8 heteroatoms. The second-order valence-corrected chi connectivity index (χ2v) is 6.98. The molecule has 19 heavy (non-hydrogen) atoms. The molecule has 2 aromatic heterocycles. The van der Waals surface area contributed by atoms with Gasteiger partial charge in [-0.05, 0) is 20.3 Å². The predicted molar refractivity (Wildman–Crippen MR) is 72.9 cm³/mol. The average molecular weight is 283 g/mol. The molecule has 0 bridgehead atoms. The van der Waals surface area contributed by atoms with Crippen LogP contribution in [-0.4, -0.2) is 46.1 Å². The van der Waals surface area contributed by atoms with Crippen molar-refractivity contribution in [3.63, 3.8) is 0 Å². The molecule has 2 heterocycles. The zero-order valence-electron chi connectivity index (χ0n) is 11.2. The highest BCUT2D eigenvalue weighted by atomic mass is 32.2. The number of aryl methyl sites for hydroxylation is 1. The number of anilines is 1. The maximum Gasteiger partial charge on any atom is 0.254 e. The fourth-order valence-electron chi connectivity index (χ4n) is 1.75. The summed E-state index contributed by atoms with van der Waals surface area (Å²) in [6, 6.07) is 1.88. The van der Waals surface area contributed by atoms with E-state index >= 15 is 0 Å². The van der Waals surface area contributed by atoms with Gasteiger partial charge in [0.05, 0.1) is 5.75 Å². The summed E-state index contributed by atoms with van der Waals surface area (Å²) >= 11 is 0. The van der Waals surface area contributed by atoms with Crippen LogP contribution < -0.4 is 5.32 Å². The summed E-state index contributed by atoms with van der Waals surface area (Å²) in [5, 5.41) is 7.32. The maximum absolute atomic E-state index is 11.1. The number of nitrogens with zero attached hydrogens (tertiary/aromatic N) is 4. The molecule has 1 N–H and O–H groups in total. The Balaban J connectivity index is 2.14. The van der Waals surface area contributed by atoms with Crippen LogP contribution in [0.2, 0.25) is 0 Å². The van der Waals surface area contributed by atoms with Gasteiger partial charge in [0.25, 0.3) is 5.78 Å². The number of aromatic nitrogens is 4. The van der Waals surface area contributed by atoms with Gasteiger partial charge in [-0.2, -0.15) is 14.6 Å². The van der Waals surface area contributed by atoms with E-state index in [1.54, 1.807) is 4.52 Å². The van der Waals surface area contributed by atoms with Crippen molar-refractivity contribution in [1.29, 1.82) is 0 Å². The number of fused-ring (bicyclic) bond motifs is 1. The van der Waals surface area contributed by atoms with Crippen LogP contribution in [0.4, 0.5) is 5.82 Å². The number of hydrogen-bond acceptors (Lipinski definition) is 6. The topological polar surface area (TPSA) is 89.2 Å². The van der Waals surface area contributed by atoms with E-state index in [9.17, 15) is 8.42 Å². The predicted octanol–water partition coefficient (Wildman–Crippen LogP) is 0.668. The van der Waals surface area contributed by atoms with Gasteiger partial charge < -0.3 is 5.32 Å². The van der Waals surface area contributed by atoms with E-state index in [4.69, 9.17) is 0 Å². The summed E-state index contributed by atoms with van der Waals surface area (Å²) in [6.45, 7) is 3.81. The van der Waals surface area contributed by atoms with Gasteiger partial charge in [-0.1, -0.05) is 0 Å². The van der Waals surface area contributed by atoms with Crippen molar-refractivity contribution in [2.24, 2.45) is 0 Å². The lowest BCUT2D eigenvalue weighted by Gasteiger charge is -2.15. The highest BCUT2D eigenvalue weighted by Gasteiger charge is 2.11. The van der Waals surface area contributed by atoms with Crippen molar-refractivity contribution >= 4 is 21.4 Å². The van der Waals surface area contributed by atoms with Crippen LogP contribution in [0.3, 0.4) is 0 Å². The average Bonchev–Trinajstić information content (AvgIpc) is 2.73. The summed E-state index contributed by atoms with van der Waals surface area (Å²) < 4.78 is 23.9. The van der Waals surface area contributed by atoms with Gasteiger partial charge in [0.2, 0.25) is 0 Å². The number of nitrogens with one attached hydrogen (secondary N) is 1. The molecule has 0 fully saturated rings. The Labute approximate surface area is 112 Å². The minimum absolute atomic E-state index is 0.0175. The van der Waals surface area contributed by atoms with Crippen LogP contribution in [0, 0.1) is 6.92 Å². The van der Waals surface area contributed by atoms with Gasteiger partial charge in [-0.25, -0.2) is 13.4 Å². The second-order valence-electron chi connectivity index (χ2n) is 4.72.